The predicted octanol–water partition coefficient (Wildman–Crippen LogP) is 2.12. The molecule has 16 heavy (non-hydrogen) atoms. The molecule has 0 radical (unpaired) electrons. The fraction of sp³-hybridized carbons (Fsp3) is 0.0769. The molecule has 0 aliphatic carbocycles. The van der Waals surface area contributed by atoms with E-state index in [1.54, 1.807) is 12.4 Å². The fourth-order valence-corrected chi connectivity index (χ4v) is 1.40. The van der Waals surface area contributed by atoms with Crippen LogP contribution < -0.4 is 5.73 Å². The molecule has 80 valence electrons. The maximum Gasteiger partial charge on any atom is 0.159 e. The van der Waals surface area contributed by atoms with Gasteiger partial charge in [0.15, 0.2) is 5.82 Å². The van der Waals surface area contributed by atoms with E-state index in [1.165, 1.54) is 0 Å². The minimum atomic E-state index is 0.559. The highest BCUT2D eigenvalue weighted by molar-refractivity contribution is 5.59. The van der Waals surface area contributed by atoms with Crippen molar-refractivity contribution in [3.8, 4) is 11.4 Å². The molecule has 0 saturated carbocycles. The molecule has 1 aromatic heterocycles. The zero-order valence-corrected chi connectivity index (χ0v) is 8.88. The van der Waals surface area contributed by atoms with Gasteiger partial charge in [-0.25, -0.2) is 9.97 Å². The monoisotopic (exact) mass is 211 g/mol. The lowest BCUT2D eigenvalue weighted by atomic mass is 10.1. The van der Waals surface area contributed by atoms with Crippen molar-refractivity contribution in [2.75, 3.05) is 6.54 Å². The Balaban J connectivity index is 2.23. The third-order valence-electron chi connectivity index (χ3n) is 2.18. The summed E-state index contributed by atoms with van der Waals surface area (Å²) in [5.41, 5.74) is 7.54. The van der Waals surface area contributed by atoms with Crippen LogP contribution in [-0.2, 0) is 0 Å². The first-order valence-electron chi connectivity index (χ1n) is 5.14. The molecule has 2 aromatic rings. The van der Waals surface area contributed by atoms with Crippen LogP contribution in [0.25, 0.3) is 17.5 Å². The molecule has 0 unspecified atom stereocenters. The third-order valence-corrected chi connectivity index (χ3v) is 2.18. The Morgan fingerprint density at radius 3 is 2.38 bits per heavy atom. The molecule has 0 aliphatic rings. The maximum atomic E-state index is 5.39. The summed E-state index contributed by atoms with van der Waals surface area (Å²) in [6.45, 7) is 0.559. The molecule has 0 bridgehead atoms. The van der Waals surface area contributed by atoms with Gasteiger partial charge in [-0.05, 0) is 11.6 Å². The third kappa shape index (κ3) is 2.52. The fourth-order valence-electron chi connectivity index (χ4n) is 1.40. The van der Waals surface area contributed by atoms with Crippen LogP contribution in [-0.4, -0.2) is 16.5 Å². The van der Waals surface area contributed by atoms with Crippen LogP contribution in [0.3, 0.4) is 0 Å². The Kier molecular flexibility index (Phi) is 3.41. The smallest absolute Gasteiger partial charge is 0.159 e. The maximum absolute atomic E-state index is 5.39. The summed E-state index contributed by atoms with van der Waals surface area (Å²) in [7, 11) is 0. The van der Waals surface area contributed by atoms with Gasteiger partial charge in [0.1, 0.15) is 0 Å². The van der Waals surface area contributed by atoms with Gasteiger partial charge in [0.05, 0.1) is 0 Å². The highest BCUT2D eigenvalue weighted by Crippen LogP contribution is 2.15. The Hall–Kier alpha value is -2.00. The zero-order chi connectivity index (χ0) is 11.2. The van der Waals surface area contributed by atoms with Crippen molar-refractivity contribution in [1.82, 2.24) is 9.97 Å². The first kappa shape index (κ1) is 10.5. The number of aromatic nitrogens is 2. The molecular weight excluding hydrogens is 198 g/mol. The van der Waals surface area contributed by atoms with Crippen molar-refractivity contribution >= 4 is 6.08 Å². The van der Waals surface area contributed by atoms with Crippen LogP contribution in [0.4, 0.5) is 0 Å². The number of benzene rings is 1. The largest absolute Gasteiger partial charge is 0.327 e. The van der Waals surface area contributed by atoms with E-state index in [1.807, 2.05) is 42.5 Å². The van der Waals surface area contributed by atoms with Gasteiger partial charge in [-0.3, -0.25) is 0 Å². The predicted molar refractivity (Wildman–Crippen MR) is 65.6 cm³/mol. The topological polar surface area (TPSA) is 51.8 Å². The molecule has 0 aliphatic heterocycles. The second kappa shape index (κ2) is 5.19. The molecule has 0 fully saturated rings. The Labute approximate surface area is 94.7 Å². The normalized spacial score (nSPS) is 10.8. The molecule has 0 saturated heterocycles. The summed E-state index contributed by atoms with van der Waals surface area (Å²) in [4.78, 5) is 8.38. The summed E-state index contributed by atoms with van der Waals surface area (Å²) in [6.07, 6.45) is 7.40. The van der Waals surface area contributed by atoms with Crippen LogP contribution in [0.15, 0.2) is 48.8 Å². The highest BCUT2D eigenvalue weighted by Gasteiger charge is 1.98. The van der Waals surface area contributed by atoms with Gasteiger partial charge in [0, 0.05) is 24.5 Å². The average molecular weight is 211 g/mol. The summed E-state index contributed by atoms with van der Waals surface area (Å²) >= 11 is 0. The number of hydrogen-bond acceptors (Lipinski definition) is 3. The van der Waals surface area contributed by atoms with Crippen LogP contribution in [0.5, 0.6) is 0 Å². The van der Waals surface area contributed by atoms with Gasteiger partial charge in [0.2, 0.25) is 0 Å². The quantitative estimate of drug-likeness (QED) is 0.846. The second-order valence-electron chi connectivity index (χ2n) is 3.33. The molecule has 3 heteroatoms. The van der Waals surface area contributed by atoms with E-state index in [-0.39, 0.29) is 0 Å². The van der Waals surface area contributed by atoms with Crippen molar-refractivity contribution in [3.63, 3.8) is 0 Å². The molecule has 2 rings (SSSR count). The molecule has 1 heterocycles. The lowest BCUT2D eigenvalue weighted by molar-refractivity contribution is 1.18. The van der Waals surface area contributed by atoms with Crippen molar-refractivity contribution in [2.24, 2.45) is 5.73 Å². The van der Waals surface area contributed by atoms with Crippen LogP contribution in [0, 0.1) is 0 Å². The van der Waals surface area contributed by atoms with Crippen molar-refractivity contribution in [2.45, 2.75) is 0 Å². The molecule has 0 atom stereocenters. The molecule has 0 amide bonds. The standard InChI is InChI=1S/C13H13N3/c14-8-1-3-11-4-6-12(7-5-11)13-15-9-2-10-16-13/h1-7,9-10H,8,14H2/b3-1+. The zero-order valence-electron chi connectivity index (χ0n) is 8.88. The van der Waals surface area contributed by atoms with E-state index in [0.29, 0.717) is 6.54 Å². The van der Waals surface area contributed by atoms with Gasteiger partial charge < -0.3 is 5.73 Å². The molecule has 1 aromatic carbocycles. The van der Waals surface area contributed by atoms with Crippen molar-refractivity contribution < 1.29 is 0 Å². The van der Waals surface area contributed by atoms with E-state index < -0.39 is 0 Å². The number of hydrogen-bond donors (Lipinski definition) is 1. The van der Waals surface area contributed by atoms with Crippen LogP contribution in [0.2, 0.25) is 0 Å². The minimum Gasteiger partial charge on any atom is -0.327 e. The summed E-state index contributed by atoms with van der Waals surface area (Å²) in [6, 6.07) is 9.87. The second-order valence-corrected chi connectivity index (χ2v) is 3.33. The molecular formula is C13H13N3. The van der Waals surface area contributed by atoms with Gasteiger partial charge in [-0.1, -0.05) is 36.4 Å². The van der Waals surface area contributed by atoms with E-state index in [0.717, 1.165) is 17.0 Å². The van der Waals surface area contributed by atoms with Gasteiger partial charge in [-0.15, -0.1) is 0 Å². The van der Waals surface area contributed by atoms with Crippen molar-refractivity contribution in [3.05, 3.63) is 54.4 Å². The van der Waals surface area contributed by atoms with Crippen LogP contribution in [0.1, 0.15) is 5.56 Å². The highest BCUT2D eigenvalue weighted by atomic mass is 14.8. The van der Waals surface area contributed by atoms with Crippen LogP contribution >= 0.6 is 0 Å². The number of nitrogens with two attached hydrogens (primary N) is 1. The Morgan fingerprint density at radius 2 is 1.75 bits per heavy atom. The molecule has 3 nitrogen and oxygen atoms in total. The first-order valence-corrected chi connectivity index (χ1v) is 5.14. The first-order chi connectivity index (χ1) is 7.90. The number of nitrogens with zero attached hydrogens (tertiary/aromatic N) is 2. The SMILES string of the molecule is NC/C=C/c1ccc(-c2ncccn2)cc1. The average Bonchev–Trinajstić information content (AvgIpc) is 2.38. The van der Waals surface area contributed by atoms with Gasteiger partial charge in [0.25, 0.3) is 0 Å². The number of rotatable bonds is 3. The Bertz CT molecular complexity index is 460. The minimum absolute atomic E-state index is 0.559. The molecule has 0 spiro atoms. The molecule has 2 N–H and O–H groups in total. The van der Waals surface area contributed by atoms with E-state index in [4.69, 9.17) is 5.73 Å². The summed E-state index contributed by atoms with van der Waals surface area (Å²) < 4.78 is 0. The van der Waals surface area contributed by atoms with Crippen molar-refractivity contribution in [1.29, 1.82) is 0 Å². The summed E-state index contributed by atoms with van der Waals surface area (Å²) in [5, 5.41) is 0. The Morgan fingerprint density at radius 1 is 1.06 bits per heavy atom. The lowest BCUT2D eigenvalue weighted by Crippen LogP contribution is -1.92. The van der Waals surface area contributed by atoms with E-state index in [2.05, 4.69) is 9.97 Å². The van der Waals surface area contributed by atoms with Gasteiger partial charge >= 0.3 is 0 Å². The van der Waals surface area contributed by atoms with Gasteiger partial charge in [-0.2, -0.15) is 0 Å². The summed E-state index contributed by atoms with van der Waals surface area (Å²) in [5.74, 6) is 0.747. The van der Waals surface area contributed by atoms with E-state index in [9.17, 15) is 0 Å². The lowest BCUT2D eigenvalue weighted by Gasteiger charge is -1.99. The van der Waals surface area contributed by atoms with E-state index >= 15 is 0 Å².